The van der Waals surface area contributed by atoms with Gasteiger partial charge in [-0.3, -0.25) is 14.4 Å². The van der Waals surface area contributed by atoms with Crippen molar-refractivity contribution in [1.82, 2.24) is 0 Å². The fourth-order valence-electron chi connectivity index (χ4n) is 6.59. The van der Waals surface area contributed by atoms with Gasteiger partial charge in [-0.1, -0.05) is 197 Å². The molecule has 1 atom stereocenters. The molecule has 58 heavy (non-hydrogen) atoms. The number of esters is 3. The summed E-state index contributed by atoms with van der Waals surface area (Å²) >= 11 is 0. The van der Waals surface area contributed by atoms with Crippen molar-refractivity contribution < 1.29 is 28.6 Å². The Morgan fingerprint density at radius 2 is 0.690 bits per heavy atom. The minimum atomic E-state index is -0.787. The van der Waals surface area contributed by atoms with E-state index in [9.17, 15) is 14.4 Å². The Bertz CT molecular complexity index is 1070. The molecule has 0 saturated heterocycles. The maximum Gasteiger partial charge on any atom is 0.306 e. The zero-order chi connectivity index (χ0) is 42.3. The molecule has 0 fully saturated rings. The molecule has 0 rings (SSSR count). The van der Waals surface area contributed by atoms with Crippen molar-refractivity contribution >= 4 is 17.9 Å². The van der Waals surface area contributed by atoms with E-state index in [-0.39, 0.29) is 31.1 Å². The fourth-order valence-corrected chi connectivity index (χ4v) is 6.59. The minimum Gasteiger partial charge on any atom is -0.462 e. The van der Waals surface area contributed by atoms with E-state index in [2.05, 4.69) is 81.5 Å². The molecule has 1 unspecified atom stereocenters. The van der Waals surface area contributed by atoms with Gasteiger partial charge in [0.1, 0.15) is 13.2 Å². The van der Waals surface area contributed by atoms with E-state index in [1.165, 1.54) is 83.5 Å². The van der Waals surface area contributed by atoms with E-state index in [4.69, 9.17) is 14.2 Å². The van der Waals surface area contributed by atoms with Crippen LogP contribution in [0.5, 0.6) is 0 Å². The van der Waals surface area contributed by atoms with Gasteiger partial charge in [0, 0.05) is 19.3 Å². The molecule has 0 aliphatic rings. The summed E-state index contributed by atoms with van der Waals surface area (Å²) in [4.78, 5) is 37.8. The molecule has 0 aromatic carbocycles. The van der Waals surface area contributed by atoms with Crippen molar-refractivity contribution in [3.63, 3.8) is 0 Å². The van der Waals surface area contributed by atoms with Crippen molar-refractivity contribution in [3.8, 4) is 0 Å². The molecular weight excluding hydrogens is 721 g/mol. The number of unbranched alkanes of at least 4 members (excludes halogenated alkanes) is 22. The second kappa shape index (κ2) is 46.8. The first-order valence-electron chi connectivity index (χ1n) is 24.3. The lowest BCUT2D eigenvalue weighted by Crippen LogP contribution is -2.30. The van der Waals surface area contributed by atoms with Gasteiger partial charge in [-0.05, 0) is 77.0 Å². The Labute approximate surface area is 358 Å². The smallest absolute Gasteiger partial charge is 0.306 e. The zero-order valence-corrected chi connectivity index (χ0v) is 38.0. The molecule has 0 aliphatic carbocycles. The van der Waals surface area contributed by atoms with Crippen molar-refractivity contribution in [2.45, 2.75) is 239 Å². The molecule has 6 heteroatoms. The third kappa shape index (κ3) is 44.2. The summed E-state index contributed by atoms with van der Waals surface area (Å²) < 4.78 is 16.7. The van der Waals surface area contributed by atoms with E-state index < -0.39 is 6.10 Å². The first-order valence-corrected chi connectivity index (χ1v) is 24.3. The lowest BCUT2D eigenvalue weighted by Gasteiger charge is -2.18. The first-order chi connectivity index (χ1) is 28.5. The largest absolute Gasteiger partial charge is 0.462 e. The minimum absolute atomic E-state index is 0.0893. The van der Waals surface area contributed by atoms with Crippen LogP contribution in [-0.2, 0) is 28.6 Å². The second-order valence-corrected chi connectivity index (χ2v) is 16.0. The number of carbonyl (C=O) groups is 3. The van der Waals surface area contributed by atoms with Crippen molar-refractivity contribution in [2.24, 2.45) is 0 Å². The molecule has 0 bridgehead atoms. The van der Waals surface area contributed by atoms with Gasteiger partial charge < -0.3 is 14.2 Å². The van der Waals surface area contributed by atoms with Crippen molar-refractivity contribution in [3.05, 3.63) is 60.8 Å². The van der Waals surface area contributed by atoms with Crippen LogP contribution in [0.2, 0.25) is 0 Å². The lowest BCUT2D eigenvalue weighted by molar-refractivity contribution is -0.167. The van der Waals surface area contributed by atoms with Crippen LogP contribution in [-0.4, -0.2) is 37.2 Å². The maximum atomic E-state index is 12.7. The molecule has 0 spiro atoms. The Balaban J connectivity index is 4.41. The molecule has 0 aromatic rings. The van der Waals surface area contributed by atoms with E-state index in [0.717, 1.165) is 109 Å². The summed E-state index contributed by atoms with van der Waals surface area (Å²) in [5.74, 6) is -0.932. The Morgan fingerprint density at radius 1 is 0.362 bits per heavy atom. The number of carbonyl (C=O) groups excluding carboxylic acids is 3. The molecule has 0 aromatic heterocycles. The van der Waals surface area contributed by atoms with Crippen LogP contribution in [0.3, 0.4) is 0 Å². The van der Waals surface area contributed by atoms with Crippen LogP contribution < -0.4 is 0 Å². The monoisotopic (exact) mass is 811 g/mol. The van der Waals surface area contributed by atoms with Gasteiger partial charge in [0.05, 0.1) is 0 Å². The molecular formula is C52H90O6. The summed E-state index contributed by atoms with van der Waals surface area (Å²) in [6, 6.07) is 0. The van der Waals surface area contributed by atoms with E-state index >= 15 is 0 Å². The standard InChI is InChI=1S/C52H90O6/c1-4-7-10-13-16-19-22-24-26-27-29-30-33-36-39-42-45-51(54)57-48-49(47-56-50(53)44-41-38-35-32-21-18-15-12-9-6-3)58-52(55)46-43-40-37-34-31-28-25-23-20-17-14-11-8-5-2/h7,10,15-16,18-19,24,26,29-30,49H,4-6,8-9,11-14,17,20-23,25,27-28,31-48H2,1-3H3/b10-7-,18-15-,19-16-,26-24-,30-29-. The van der Waals surface area contributed by atoms with Crippen LogP contribution in [0.25, 0.3) is 0 Å². The van der Waals surface area contributed by atoms with Gasteiger partial charge in [-0.25, -0.2) is 0 Å². The number of ether oxygens (including phenoxy) is 3. The third-order valence-electron chi connectivity index (χ3n) is 10.3. The first kappa shape index (κ1) is 55.1. The van der Waals surface area contributed by atoms with Gasteiger partial charge in [0.15, 0.2) is 6.10 Å². The highest BCUT2D eigenvalue weighted by Crippen LogP contribution is 2.15. The van der Waals surface area contributed by atoms with E-state index in [1.54, 1.807) is 0 Å². The average Bonchev–Trinajstić information content (AvgIpc) is 3.22. The SMILES string of the molecule is CC/C=C\C/C=C\C/C=C\C/C=C\CCCCCC(=O)OCC(COC(=O)CCCCCC/C=C\CCCC)OC(=O)CCCCCCCCCCCCCCCC. The molecule has 0 aliphatic heterocycles. The molecule has 0 radical (unpaired) electrons. The topological polar surface area (TPSA) is 78.9 Å². The Morgan fingerprint density at radius 3 is 1.14 bits per heavy atom. The molecule has 6 nitrogen and oxygen atoms in total. The van der Waals surface area contributed by atoms with Crippen LogP contribution in [0.4, 0.5) is 0 Å². The van der Waals surface area contributed by atoms with Crippen molar-refractivity contribution in [1.29, 1.82) is 0 Å². The Kier molecular flexibility index (Phi) is 44.5. The number of rotatable bonds is 43. The van der Waals surface area contributed by atoms with Gasteiger partial charge in [0.2, 0.25) is 0 Å². The number of allylic oxidation sites excluding steroid dienone is 10. The Hall–Kier alpha value is -2.89. The molecule has 0 N–H and O–H groups in total. The summed E-state index contributed by atoms with van der Waals surface area (Å²) in [5.41, 5.74) is 0. The van der Waals surface area contributed by atoms with Crippen LogP contribution in [0.15, 0.2) is 60.8 Å². The quantitative estimate of drug-likeness (QED) is 0.0264. The number of hydrogen-bond donors (Lipinski definition) is 0. The lowest BCUT2D eigenvalue weighted by atomic mass is 10.0. The normalized spacial score (nSPS) is 12.5. The molecule has 0 amide bonds. The van der Waals surface area contributed by atoms with E-state index in [0.29, 0.717) is 19.3 Å². The highest BCUT2D eigenvalue weighted by Gasteiger charge is 2.19. The molecule has 0 heterocycles. The van der Waals surface area contributed by atoms with Crippen molar-refractivity contribution in [2.75, 3.05) is 13.2 Å². The molecule has 334 valence electrons. The highest BCUT2D eigenvalue weighted by molar-refractivity contribution is 5.71. The fraction of sp³-hybridized carbons (Fsp3) is 0.750. The van der Waals surface area contributed by atoms with Crippen LogP contribution in [0.1, 0.15) is 233 Å². The van der Waals surface area contributed by atoms with Gasteiger partial charge in [0.25, 0.3) is 0 Å². The molecule has 0 saturated carbocycles. The van der Waals surface area contributed by atoms with E-state index in [1.807, 2.05) is 0 Å². The third-order valence-corrected chi connectivity index (χ3v) is 10.3. The van der Waals surface area contributed by atoms with Crippen LogP contribution in [0, 0.1) is 0 Å². The summed E-state index contributed by atoms with van der Waals surface area (Å²) in [5, 5.41) is 0. The van der Waals surface area contributed by atoms with Gasteiger partial charge >= 0.3 is 17.9 Å². The maximum absolute atomic E-state index is 12.7. The summed E-state index contributed by atoms with van der Waals surface area (Å²) in [7, 11) is 0. The number of hydrogen-bond acceptors (Lipinski definition) is 6. The van der Waals surface area contributed by atoms with Crippen LogP contribution >= 0.6 is 0 Å². The predicted molar refractivity (Wildman–Crippen MR) is 247 cm³/mol. The summed E-state index contributed by atoms with van der Waals surface area (Å²) in [6.07, 6.45) is 56.3. The average molecular weight is 811 g/mol. The van der Waals surface area contributed by atoms with Gasteiger partial charge in [-0.2, -0.15) is 0 Å². The zero-order valence-electron chi connectivity index (χ0n) is 38.0. The predicted octanol–water partition coefficient (Wildman–Crippen LogP) is 15.7. The van der Waals surface area contributed by atoms with Gasteiger partial charge in [-0.15, -0.1) is 0 Å². The summed E-state index contributed by atoms with van der Waals surface area (Å²) in [6.45, 7) is 6.44. The highest BCUT2D eigenvalue weighted by atomic mass is 16.6. The second-order valence-electron chi connectivity index (χ2n) is 16.0.